The highest BCUT2D eigenvalue weighted by atomic mass is 32.1. The summed E-state index contributed by atoms with van der Waals surface area (Å²) in [5.41, 5.74) is -0.414. The molecule has 0 bridgehead atoms. The average Bonchev–Trinajstić information content (AvgIpc) is 3.49. The molecule has 4 aromatic rings. The molecule has 9 nitrogen and oxygen atoms in total. The third kappa shape index (κ3) is 3.50. The summed E-state index contributed by atoms with van der Waals surface area (Å²) in [6.45, 7) is 0.384. The first-order valence-corrected chi connectivity index (χ1v) is 10.8. The van der Waals surface area contributed by atoms with Gasteiger partial charge < -0.3 is 10.1 Å². The zero-order chi connectivity index (χ0) is 22.4. The zero-order valence-corrected chi connectivity index (χ0v) is 17.4. The van der Waals surface area contributed by atoms with Crippen LogP contribution in [0.3, 0.4) is 0 Å². The molecule has 0 spiro atoms. The Balaban J connectivity index is 1.53. The van der Waals surface area contributed by atoms with Crippen LogP contribution < -0.4 is 16.6 Å². The van der Waals surface area contributed by atoms with Crippen LogP contribution in [0, 0.1) is 11.6 Å². The molecule has 0 saturated carbocycles. The fraction of sp³-hybridized carbons (Fsp3) is 0.300. The number of carbonyl (C=O) groups is 1. The van der Waals surface area contributed by atoms with Crippen LogP contribution in [0.2, 0.25) is 0 Å². The maximum Gasteiger partial charge on any atom is 0.352 e. The van der Waals surface area contributed by atoms with Gasteiger partial charge in [-0.2, -0.15) is 0 Å². The smallest absolute Gasteiger partial charge is 0.352 e. The molecule has 1 amide bonds. The molecule has 0 unspecified atom stereocenters. The van der Waals surface area contributed by atoms with Gasteiger partial charge in [-0.1, -0.05) is 0 Å². The quantitative estimate of drug-likeness (QED) is 0.490. The first-order valence-electron chi connectivity index (χ1n) is 9.88. The van der Waals surface area contributed by atoms with Gasteiger partial charge >= 0.3 is 5.69 Å². The number of aromatic nitrogens is 4. The van der Waals surface area contributed by atoms with E-state index < -0.39 is 29.8 Å². The van der Waals surface area contributed by atoms with Crippen molar-refractivity contribution in [3.05, 3.63) is 62.1 Å². The summed E-state index contributed by atoms with van der Waals surface area (Å²) in [7, 11) is 0. The summed E-state index contributed by atoms with van der Waals surface area (Å²) in [5, 5.41) is 8.36. The molecule has 5 rings (SSSR count). The van der Waals surface area contributed by atoms with E-state index in [2.05, 4.69) is 10.4 Å². The van der Waals surface area contributed by atoms with Crippen LogP contribution in [0.1, 0.15) is 12.8 Å². The Labute approximate surface area is 182 Å². The van der Waals surface area contributed by atoms with Crippen molar-refractivity contribution in [2.45, 2.75) is 32.0 Å². The van der Waals surface area contributed by atoms with E-state index >= 15 is 0 Å². The third-order valence-electron chi connectivity index (χ3n) is 5.30. The van der Waals surface area contributed by atoms with E-state index in [0.29, 0.717) is 16.8 Å². The van der Waals surface area contributed by atoms with Crippen LogP contribution in [0.5, 0.6) is 0 Å². The molecule has 4 heterocycles. The van der Waals surface area contributed by atoms with Gasteiger partial charge in [-0.15, -0.1) is 16.4 Å². The van der Waals surface area contributed by atoms with Crippen molar-refractivity contribution in [1.29, 1.82) is 0 Å². The summed E-state index contributed by atoms with van der Waals surface area (Å²) in [4.78, 5) is 38.5. The zero-order valence-electron chi connectivity index (χ0n) is 16.6. The Bertz CT molecular complexity index is 1460. The molecule has 1 N–H and O–H groups in total. The number of nitrogens with zero attached hydrogens (tertiary/aromatic N) is 4. The number of amides is 1. The number of anilines is 1. The van der Waals surface area contributed by atoms with Gasteiger partial charge in [0.15, 0.2) is 11.6 Å². The monoisotopic (exact) mass is 461 g/mol. The van der Waals surface area contributed by atoms with E-state index in [0.717, 1.165) is 29.7 Å². The lowest BCUT2D eigenvalue weighted by molar-refractivity contribution is -0.117. The number of halogens is 2. The fourth-order valence-corrected chi connectivity index (χ4v) is 4.63. The number of benzene rings is 1. The van der Waals surface area contributed by atoms with Crippen molar-refractivity contribution in [1.82, 2.24) is 18.7 Å². The SMILES string of the molecule is O=C(Cn1nc2n(C[C@@H]3CCCO3)c(=O)c3sccc3n2c1=O)Nc1ccc(F)c(F)c1. The van der Waals surface area contributed by atoms with Gasteiger partial charge in [0.2, 0.25) is 11.7 Å². The van der Waals surface area contributed by atoms with E-state index in [-0.39, 0.29) is 29.7 Å². The highest BCUT2D eigenvalue weighted by molar-refractivity contribution is 7.17. The van der Waals surface area contributed by atoms with E-state index in [1.54, 1.807) is 11.4 Å². The maximum atomic E-state index is 13.4. The molecule has 166 valence electrons. The fourth-order valence-electron chi connectivity index (χ4n) is 3.80. The van der Waals surface area contributed by atoms with Crippen molar-refractivity contribution < 1.29 is 18.3 Å². The third-order valence-corrected chi connectivity index (χ3v) is 6.19. The molecular formula is C20H17F2N5O4S. The second-order valence-corrected chi connectivity index (χ2v) is 8.35. The first kappa shape index (κ1) is 20.5. The maximum absolute atomic E-state index is 13.4. The molecule has 1 aromatic carbocycles. The Morgan fingerprint density at radius 1 is 1.25 bits per heavy atom. The van der Waals surface area contributed by atoms with Crippen molar-refractivity contribution in [2.24, 2.45) is 0 Å². The van der Waals surface area contributed by atoms with E-state index in [9.17, 15) is 23.2 Å². The van der Waals surface area contributed by atoms with Gasteiger partial charge in [0, 0.05) is 18.4 Å². The number of ether oxygens (including phenoxy) is 1. The molecule has 0 radical (unpaired) electrons. The Hall–Kier alpha value is -3.38. The van der Waals surface area contributed by atoms with Crippen LogP contribution in [-0.2, 0) is 22.6 Å². The lowest BCUT2D eigenvalue weighted by Gasteiger charge is -2.12. The molecule has 1 fully saturated rings. The number of thiophene rings is 1. The largest absolute Gasteiger partial charge is 0.376 e. The predicted molar refractivity (Wildman–Crippen MR) is 113 cm³/mol. The van der Waals surface area contributed by atoms with Crippen LogP contribution >= 0.6 is 11.3 Å². The summed E-state index contributed by atoms with van der Waals surface area (Å²) in [5.74, 6) is -2.69. The number of rotatable bonds is 5. The van der Waals surface area contributed by atoms with Gasteiger partial charge in [-0.3, -0.25) is 14.2 Å². The van der Waals surface area contributed by atoms with Crippen LogP contribution in [0.25, 0.3) is 16.0 Å². The lowest BCUT2D eigenvalue weighted by Crippen LogP contribution is -2.30. The average molecular weight is 461 g/mol. The van der Waals surface area contributed by atoms with Crippen molar-refractivity contribution in [3.8, 4) is 0 Å². The van der Waals surface area contributed by atoms with Gasteiger partial charge in [0.25, 0.3) is 5.56 Å². The van der Waals surface area contributed by atoms with Crippen LogP contribution in [0.4, 0.5) is 14.5 Å². The summed E-state index contributed by atoms with van der Waals surface area (Å²) >= 11 is 1.22. The molecular weight excluding hydrogens is 444 g/mol. The predicted octanol–water partition coefficient (Wildman–Crippen LogP) is 1.97. The van der Waals surface area contributed by atoms with E-state index in [1.807, 2.05) is 0 Å². The van der Waals surface area contributed by atoms with Gasteiger partial charge in [-0.05, 0) is 36.4 Å². The minimum Gasteiger partial charge on any atom is -0.376 e. The molecule has 1 saturated heterocycles. The second kappa shape index (κ2) is 7.95. The first-order chi connectivity index (χ1) is 15.4. The molecule has 32 heavy (non-hydrogen) atoms. The number of hydrogen-bond acceptors (Lipinski definition) is 6. The molecule has 1 atom stereocenters. The second-order valence-electron chi connectivity index (χ2n) is 7.44. The number of carbonyl (C=O) groups excluding carboxylic acids is 1. The minimum absolute atomic E-state index is 0.0428. The Kier molecular flexibility index (Phi) is 5.10. The Morgan fingerprint density at radius 2 is 2.09 bits per heavy atom. The highest BCUT2D eigenvalue weighted by Crippen LogP contribution is 2.19. The van der Waals surface area contributed by atoms with E-state index in [1.165, 1.54) is 26.4 Å². The highest BCUT2D eigenvalue weighted by Gasteiger charge is 2.23. The minimum atomic E-state index is -1.11. The van der Waals surface area contributed by atoms with Gasteiger partial charge in [0.1, 0.15) is 11.2 Å². The molecule has 12 heteroatoms. The standard InChI is InChI=1S/C20H17F2N5O4S/c21-13-4-3-11(8-14(13)22)23-16(28)10-26-20(30)27-15-5-7-32-17(15)18(29)25(19(27)24-26)9-12-2-1-6-31-12/h3-5,7-8,12H,1-2,6,9-10H2,(H,23,28)/t12-/m0/s1. The van der Waals surface area contributed by atoms with E-state index in [4.69, 9.17) is 4.74 Å². The van der Waals surface area contributed by atoms with Crippen LogP contribution in [0.15, 0.2) is 39.2 Å². The van der Waals surface area contributed by atoms with Crippen molar-refractivity contribution >= 4 is 38.9 Å². The summed E-state index contributed by atoms with van der Waals surface area (Å²) in [6, 6.07) is 4.59. The topological polar surface area (TPSA) is 99.6 Å². The number of fused-ring (bicyclic) bond motifs is 3. The normalized spacial score (nSPS) is 16.2. The molecule has 1 aliphatic heterocycles. The summed E-state index contributed by atoms with van der Waals surface area (Å²) < 4.78 is 36.2. The van der Waals surface area contributed by atoms with Crippen LogP contribution in [-0.4, -0.2) is 37.4 Å². The molecule has 0 aliphatic carbocycles. The molecule has 3 aromatic heterocycles. The lowest BCUT2D eigenvalue weighted by atomic mass is 10.2. The van der Waals surface area contributed by atoms with Crippen molar-refractivity contribution in [2.75, 3.05) is 11.9 Å². The number of hydrogen-bond donors (Lipinski definition) is 1. The summed E-state index contributed by atoms with van der Waals surface area (Å²) in [6.07, 6.45) is 1.52. The molecule has 1 aliphatic rings. The van der Waals surface area contributed by atoms with Gasteiger partial charge in [-0.25, -0.2) is 22.7 Å². The Morgan fingerprint density at radius 3 is 2.84 bits per heavy atom. The van der Waals surface area contributed by atoms with Gasteiger partial charge in [0.05, 0.1) is 18.2 Å². The number of nitrogens with one attached hydrogen (secondary N) is 1. The van der Waals surface area contributed by atoms with Crippen molar-refractivity contribution in [3.63, 3.8) is 0 Å².